The molecule has 2 nitrogen and oxygen atoms in total. The van der Waals surface area contributed by atoms with Gasteiger partial charge in [-0.1, -0.05) is 50.2 Å². The van der Waals surface area contributed by atoms with Gasteiger partial charge in [-0.2, -0.15) is 0 Å². The number of benzene rings is 2. The third-order valence-corrected chi connectivity index (χ3v) is 4.18. The summed E-state index contributed by atoms with van der Waals surface area (Å²) in [7, 11) is 0. The maximum atomic E-state index is 14.5. The second-order valence-electron chi connectivity index (χ2n) is 6.16. The van der Waals surface area contributed by atoms with E-state index < -0.39 is 0 Å². The van der Waals surface area contributed by atoms with Crippen LogP contribution in [0.2, 0.25) is 0 Å². The van der Waals surface area contributed by atoms with E-state index in [-0.39, 0.29) is 17.3 Å². The van der Waals surface area contributed by atoms with Gasteiger partial charge in [0.1, 0.15) is 5.82 Å². The van der Waals surface area contributed by atoms with Crippen molar-refractivity contribution in [1.29, 1.82) is 0 Å². The molecule has 1 unspecified atom stereocenters. The Morgan fingerprint density at radius 2 is 1.71 bits per heavy atom. The standard InChI is InChI=1S/C18H23FN2/c1-12-10-13(2)16(15(19)11-12)17(21-20)18(3,4)14-8-6-5-7-9-14/h5-11,17,21H,20H2,1-4H3. The van der Waals surface area contributed by atoms with Crippen LogP contribution in [0, 0.1) is 19.7 Å². The zero-order valence-corrected chi connectivity index (χ0v) is 13.1. The normalized spacial score (nSPS) is 13.2. The molecule has 21 heavy (non-hydrogen) atoms. The highest BCUT2D eigenvalue weighted by Gasteiger charge is 2.34. The molecular weight excluding hydrogens is 263 g/mol. The fourth-order valence-corrected chi connectivity index (χ4v) is 2.98. The van der Waals surface area contributed by atoms with E-state index in [4.69, 9.17) is 5.84 Å². The first-order valence-electron chi connectivity index (χ1n) is 7.16. The van der Waals surface area contributed by atoms with Crippen LogP contribution in [0.15, 0.2) is 42.5 Å². The van der Waals surface area contributed by atoms with E-state index in [1.165, 1.54) is 0 Å². The maximum Gasteiger partial charge on any atom is 0.128 e. The summed E-state index contributed by atoms with van der Waals surface area (Å²) in [5.74, 6) is 5.58. The van der Waals surface area contributed by atoms with Crippen LogP contribution in [0.25, 0.3) is 0 Å². The number of rotatable bonds is 4. The predicted molar refractivity (Wildman–Crippen MR) is 85.4 cm³/mol. The summed E-state index contributed by atoms with van der Waals surface area (Å²) in [6, 6.07) is 13.3. The number of hydrazine groups is 1. The first-order valence-corrected chi connectivity index (χ1v) is 7.16. The first-order chi connectivity index (χ1) is 9.87. The second kappa shape index (κ2) is 5.96. The zero-order valence-electron chi connectivity index (χ0n) is 13.1. The van der Waals surface area contributed by atoms with E-state index in [9.17, 15) is 4.39 Å². The van der Waals surface area contributed by atoms with Crippen molar-refractivity contribution in [3.63, 3.8) is 0 Å². The van der Waals surface area contributed by atoms with Gasteiger partial charge in [0.15, 0.2) is 0 Å². The minimum absolute atomic E-state index is 0.209. The molecule has 0 heterocycles. The molecule has 0 aliphatic heterocycles. The summed E-state index contributed by atoms with van der Waals surface area (Å²) < 4.78 is 14.5. The highest BCUT2D eigenvalue weighted by atomic mass is 19.1. The highest BCUT2D eigenvalue weighted by Crippen LogP contribution is 2.38. The number of halogens is 1. The van der Waals surface area contributed by atoms with Gasteiger partial charge in [0.2, 0.25) is 0 Å². The Hall–Kier alpha value is -1.71. The summed E-state index contributed by atoms with van der Waals surface area (Å²) in [5.41, 5.74) is 6.07. The van der Waals surface area contributed by atoms with Crippen LogP contribution in [-0.2, 0) is 5.41 Å². The molecule has 3 N–H and O–H groups in total. The monoisotopic (exact) mass is 286 g/mol. The molecule has 0 fully saturated rings. The highest BCUT2D eigenvalue weighted by molar-refractivity contribution is 5.39. The Labute approximate surface area is 126 Å². The van der Waals surface area contributed by atoms with Gasteiger partial charge in [-0.25, -0.2) is 4.39 Å². The van der Waals surface area contributed by atoms with Crippen LogP contribution in [0.5, 0.6) is 0 Å². The van der Waals surface area contributed by atoms with Crippen molar-refractivity contribution in [3.8, 4) is 0 Å². The number of hydrogen-bond acceptors (Lipinski definition) is 2. The topological polar surface area (TPSA) is 38.0 Å². The molecule has 0 aromatic heterocycles. The van der Waals surface area contributed by atoms with E-state index in [0.29, 0.717) is 5.56 Å². The second-order valence-corrected chi connectivity index (χ2v) is 6.16. The molecule has 0 spiro atoms. The van der Waals surface area contributed by atoms with Gasteiger partial charge in [0, 0.05) is 11.0 Å². The van der Waals surface area contributed by atoms with Crippen molar-refractivity contribution < 1.29 is 4.39 Å². The Morgan fingerprint density at radius 1 is 1.10 bits per heavy atom. The molecule has 3 heteroatoms. The van der Waals surface area contributed by atoms with Crippen molar-refractivity contribution in [2.75, 3.05) is 0 Å². The molecule has 0 saturated carbocycles. The number of hydrogen-bond donors (Lipinski definition) is 2. The van der Waals surface area contributed by atoms with E-state index >= 15 is 0 Å². The first kappa shape index (κ1) is 15.7. The van der Waals surface area contributed by atoms with E-state index in [0.717, 1.165) is 16.7 Å². The van der Waals surface area contributed by atoms with Gasteiger partial charge >= 0.3 is 0 Å². The van der Waals surface area contributed by atoms with Crippen molar-refractivity contribution in [3.05, 3.63) is 70.5 Å². The fraction of sp³-hybridized carbons (Fsp3) is 0.333. The van der Waals surface area contributed by atoms with Gasteiger partial charge < -0.3 is 0 Å². The van der Waals surface area contributed by atoms with Crippen LogP contribution >= 0.6 is 0 Å². The summed E-state index contributed by atoms with van der Waals surface area (Å²) in [6.45, 7) is 7.97. The number of nitrogens with one attached hydrogen (secondary N) is 1. The lowest BCUT2D eigenvalue weighted by atomic mass is 9.74. The van der Waals surface area contributed by atoms with Crippen LogP contribution in [0.1, 0.15) is 42.1 Å². The minimum Gasteiger partial charge on any atom is -0.271 e. The summed E-state index contributed by atoms with van der Waals surface area (Å²) in [6.07, 6.45) is 0. The van der Waals surface area contributed by atoms with Crippen molar-refractivity contribution in [2.24, 2.45) is 5.84 Å². The van der Waals surface area contributed by atoms with Gasteiger partial charge in [-0.3, -0.25) is 11.3 Å². The van der Waals surface area contributed by atoms with Crippen molar-refractivity contribution in [2.45, 2.75) is 39.2 Å². The molecule has 0 amide bonds. The molecule has 0 radical (unpaired) electrons. The Morgan fingerprint density at radius 3 is 2.24 bits per heavy atom. The van der Waals surface area contributed by atoms with E-state index in [1.807, 2.05) is 50.2 Å². The minimum atomic E-state index is -0.336. The average Bonchev–Trinajstić information content (AvgIpc) is 2.43. The molecule has 0 saturated heterocycles. The lowest BCUT2D eigenvalue weighted by molar-refractivity contribution is 0.341. The lowest BCUT2D eigenvalue weighted by Crippen LogP contribution is -2.42. The Kier molecular flexibility index (Phi) is 4.45. The zero-order chi connectivity index (χ0) is 15.6. The molecule has 2 rings (SSSR count). The average molecular weight is 286 g/mol. The fourth-order valence-electron chi connectivity index (χ4n) is 2.98. The van der Waals surface area contributed by atoms with Crippen LogP contribution in [0.3, 0.4) is 0 Å². The summed E-state index contributed by atoms with van der Waals surface area (Å²) >= 11 is 0. The van der Waals surface area contributed by atoms with Gasteiger partial charge in [0.05, 0.1) is 6.04 Å². The number of aryl methyl sites for hydroxylation is 2. The Balaban J connectivity index is 2.55. The van der Waals surface area contributed by atoms with Gasteiger partial charge in [-0.05, 0) is 36.6 Å². The lowest BCUT2D eigenvalue weighted by Gasteiger charge is -2.36. The van der Waals surface area contributed by atoms with Crippen molar-refractivity contribution in [1.82, 2.24) is 5.43 Å². The van der Waals surface area contributed by atoms with Crippen LogP contribution in [0.4, 0.5) is 4.39 Å². The number of nitrogens with two attached hydrogens (primary N) is 1. The molecule has 0 bridgehead atoms. The molecule has 2 aromatic carbocycles. The molecule has 112 valence electrons. The third kappa shape index (κ3) is 2.99. The third-order valence-electron chi connectivity index (χ3n) is 4.18. The summed E-state index contributed by atoms with van der Waals surface area (Å²) in [4.78, 5) is 0. The molecule has 2 aromatic rings. The molecular formula is C18H23FN2. The molecule has 0 aliphatic carbocycles. The van der Waals surface area contributed by atoms with Gasteiger partial charge in [0.25, 0.3) is 0 Å². The van der Waals surface area contributed by atoms with Crippen molar-refractivity contribution >= 4 is 0 Å². The molecule has 0 aliphatic rings. The smallest absolute Gasteiger partial charge is 0.128 e. The maximum absolute atomic E-state index is 14.5. The van der Waals surface area contributed by atoms with Gasteiger partial charge in [-0.15, -0.1) is 0 Å². The van der Waals surface area contributed by atoms with E-state index in [1.54, 1.807) is 6.07 Å². The van der Waals surface area contributed by atoms with Crippen LogP contribution < -0.4 is 11.3 Å². The molecule has 1 atom stereocenters. The Bertz CT molecular complexity index is 597. The summed E-state index contributed by atoms with van der Waals surface area (Å²) in [5, 5.41) is 0. The van der Waals surface area contributed by atoms with Crippen LogP contribution in [-0.4, -0.2) is 0 Å². The quantitative estimate of drug-likeness (QED) is 0.660. The van der Waals surface area contributed by atoms with E-state index in [2.05, 4.69) is 19.3 Å². The predicted octanol–water partition coefficient (Wildman–Crippen LogP) is 3.92. The SMILES string of the molecule is Cc1cc(C)c(C(NN)C(C)(C)c2ccccc2)c(F)c1. The largest absolute Gasteiger partial charge is 0.271 e.